The molecule has 1 unspecified atom stereocenters. The van der Waals surface area contributed by atoms with Crippen LogP contribution in [0.2, 0.25) is 0 Å². The predicted octanol–water partition coefficient (Wildman–Crippen LogP) is 1.60. The molecule has 0 aromatic carbocycles. The third-order valence-electron chi connectivity index (χ3n) is 4.03. The van der Waals surface area contributed by atoms with Crippen LogP contribution in [0.1, 0.15) is 27.7 Å². The molecular weight excluding hydrogens is 487 g/mol. The van der Waals surface area contributed by atoms with E-state index in [1.807, 2.05) is 6.92 Å². The molecular formula is C16H35IN4O3S2. The molecule has 0 aliphatic carbocycles. The summed E-state index contributed by atoms with van der Waals surface area (Å²) in [6.07, 6.45) is -0.00228. The Morgan fingerprint density at radius 3 is 2.38 bits per heavy atom. The van der Waals surface area contributed by atoms with E-state index in [-0.39, 0.29) is 41.2 Å². The van der Waals surface area contributed by atoms with Gasteiger partial charge >= 0.3 is 0 Å². The Morgan fingerprint density at radius 1 is 1.27 bits per heavy atom. The Labute approximate surface area is 180 Å². The quantitative estimate of drug-likeness (QED) is 0.286. The fraction of sp³-hybridized carbons (Fsp3) is 0.938. The maximum absolute atomic E-state index is 12.4. The van der Waals surface area contributed by atoms with E-state index in [1.54, 1.807) is 23.2 Å². The summed E-state index contributed by atoms with van der Waals surface area (Å²) in [6.45, 7) is 11.1. The SMILES string of the molecule is CCNC(=NCC(OC)C(C)(C)C)NCCS(=O)(=O)N1CCSCC1.I. The lowest BCUT2D eigenvalue weighted by atomic mass is 9.89. The van der Waals surface area contributed by atoms with Gasteiger partial charge in [0.15, 0.2) is 5.96 Å². The number of halogens is 1. The van der Waals surface area contributed by atoms with Gasteiger partial charge in [-0.2, -0.15) is 11.8 Å². The van der Waals surface area contributed by atoms with Crippen LogP contribution >= 0.6 is 35.7 Å². The monoisotopic (exact) mass is 522 g/mol. The minimum Gasteiger partial charge on any atom is -0.379 e. The Bertz CT molecular complexity index is 518. The van der Waals surface area contributed by atoms with E-state index in [1.165, 1.54) is 0 Å². The topological polar surface area (TPSA) is 83.0 Å². The third kappa shape index (κ3) is 9.43. The van der Waals surface area contributed by atoms with Gasteiger partial charge in [-0.3, -0.25) is 4.99 Å². The number of guanidine groups is 1. The number of thioether (sulfide) groups is 1. The maximum atomic E-state index is 12.4. The summed E-state index contributed by atoms with van der Waals surface area (Å²) in [7, 11) is -1.51. The molecule has 0 aromatic rings. The number of hydrogen-bond acceptors (Lipinski definition) is 5. The number of sulfonamides is 1. The number of aliphatic imine (C=N–C) groups is 1. The molecule has 26 heavy (non-hydrogen) atoms. The molecule has 0 amide bonds. The molecule has 1 aliphatic heterocycles. The van der Waals surface area contributed by atoms with Crippen molar-refractivity contribution in [3.05, 3.63) is 0 Å². The average molecular weight is 523 g/mol. The lowest BCUT2D eigenvalue weighted by molar-refractivity contribution is 0.0241. The van der Waals surface area contributed by atoms with Gasteiger partial charge in [0.2, 0.25) is 10.0 Å². The molecule has 1 atom stereocenters. The first kappa shape index (κ1) is 26.2. The van der Waals surface area contributed by atoms with Gasteiger partial charge in [0.25, 0.3) is 0 Å². The molecule has 1 rings (SSSR count). The number of methoxy groups -OCH3 is 1. The zero-order chi connectivity index (χ0) is 18.9. The molecule has 0 aromatic heterocycles. The highest BCUT2D eigenvalue weighted by molar-refractivity contribution is 14.0. The maximum Gasteiger partial charge on any atom is 0.215 e. The van der Waals surface area contributed by atoms with Crippen LogP contribution < -0.4 is 10.6 Å². The fourth-order valence-electron chi connectivity index (χ4n) is 2.47. The second-order valence-electron chi connectivity index (χ2n) is 7.06. The van der Waals surface area contributed by atoms with Crippen LogP contribution in [0.3, 0.4) is 0 Å². The van der Waals surface area contributed by atoms with Crippen molar-refractivity contribution >= 4 is 51.7 Å². The van der Waals surface area contributed by atoms with Gasteiger partial charge < -0.3 is 15.4 Å². The molecule has 1 saturated heterocycles. The summed E-state index contributed by atoms with van der Waals surface area (Å²) in [5, 5.41) is 6.27. The van der Waals surface area contributed by atoms with E-state index in [2.05, 4.69) is 36.4 Å². The molecule has 0 saturated carbocycles. The van der Waals surface area contributed by atoms with Crippen molar-refractivity contribution in [3.63, 3.8) is 0 Å². The Balaban J connectivity index is 0.00000625. The first-order valence-corrected chi connectivity index (χ1v) is 11.6. The van der Waals surface area contributed by atoms with Gasteiger partial charge in [-0.25, -0.2) is 12.7 Å². The van der Waals surface area contributed by atoms with Crippen molar-refractivity contribution in [1.82, 2.24) is 14.9 Å². The molecule has 0 spiro atoms. The van der Waals surface area contributed by atoms with Gasteiger partial charge in [0.1, 0.15) is 0 Å². The summed E-state index contributed by atoms with van der Waals surface area (Å²) in [6, 6.07) is 0. The lowest BCUT2D eigenvalue weighted by Crippen LogP contribution is -2.44. The van der Waals surface area contributed by atoms with Crippen LogP contribution in [-0.2, 0) is 14.8 Å². The van der Waals surface area contributed by atoms with Crippen molar-refractivity contribution in [2.75, 3.05) is 57.1 Å². The van der Waals surface area contributed by atoms with Crippen molar-refractivity contribution in [3.8, 4) is 0 Å². The number of nitrogens with one attached hydrogen (secondary N) is 2. The largest absolute Gasteiger partial charge is 0.379 e. The van der Waals surface area contributed by atoms with Gasteiger partial charge in [-0.1, -0.05) is 20.8 Å². The van der Waals surface area contributed by atoms with Gasteiger partial charge in [0, 0.05) is 44.8 Å². The predicted molar refractivity (Wildman–Crippen MR) is 122 cm³/mol. The van der Waals surface area contributed by atoms with Crippen LogP contribution in [0.5, 0.6) is 0 Å². The lowest BCUT2D eigenvalue weighted by Gasteiger charge is -2.28. The highest BCUT2D eigenvalue weighted by atomic mass is 127. The standard InChI is InChI=1S/C16H34N4O3S2.HI/c1-6-17-15(19-13-14(23-5)16(2,3)4)18-7-12-25(21,22)20-8-10-24-11-9-20;/h14H,6-13H2,1-5H3,(H2,17,18,19);1H. The number of rotatable bonds is 8. The molecule has 1 heterocycles. The average Bonchev–Trinajstić information content (AvgIpc) is 2.54. The van der Waals surface area contributed by atoms with E-state index in [9.17, 15) is 8.42 Å². The normalized spacial score (nSPS) is 18.1. The van der Waals surface area contributed by atoms with E-state index in [4.69, 9.17) is 4.74 Å². The third-order valence-corrected chi connectivity index (χ3v) is 6.84. The Hall–Kier alpha value is 0.220. The van der Waals surface area contributed by atoms with E-state index in [0.29, 0.717) is 32.1 Å². The van der Waals surface area contributed by atoms with E-state index in [0.717, 1.165) is 18.1 Å². The van der Waals surface area contributed by atoms with Crippen molar-refractivity contribution in [2.24, 2.45) is 10.4 Å². The number of hydrogen-bond donors (Lipinski definition) is 2. The zero-order valence-electron chi connectivity index (χ0n) is 16.6. The fourth-order valence-corrected chi connectivity index (χ4v) is 4.96. The molecule has 0 bridgehead atoms. The van der Waals surface area contributed by atoms with Gasteiger partial charge in [0.05, 0.1) is 18.4 Å². The number of ether oxygens (including phenoxy) is 1. The Kier molecular flexibility index (Phi) is 12.7. The molecule has 1 fully saturated rings. The second-order valence-corrected chi connectivity index (χ2v) is 10.4. The van der Waals surface area contributed by atoms with Gasteiger partial charge in [-0.15, -0.1) is 24.0 Å². The van der Waals surface area contributed by atoms with Crippen LogP contribution in [-0.4, -0.2) is 81.9 Å². The molecule has 1 aliphatic rings. The van der Waals surface area contributed by atoms with E-state index >= 15 is 0 Å². The first-order chi connectivity index (χ1) is 11.7. The summed E-state index contributed by atoms with van der Waals surface area (Å²) in [5.74, 6) is 2.46. The van der Waals surface area contributed by atoms with E-state index < -0.39 is 10.0 Å². The second kappa shape index (κ2) is 12.6. The van der Waals surface area contributed by atoms with Crippen LogP contribution in [0.25, 0.3) is 0 Å². The molecule has 156 valence electrons. The Morgan fingerprint density at radius 2 is 1.88 bits per heavy atom. The summed E-state index contributed by atoms with van der Waals surface area (Å²) < 4.78 is 31.8. The molecule has 0 radical (unpaired) electrons. The number of nitrogens with zero attached hydrogens (tertiary/aromatic N) is 2. The molecule has 10 heteroatoms. The van der Waals surface area contributed by atoms with Crippen molar-refractivity contribution < 1.29 is 13.2 Å². The molecule has 2 N–H and O–H groups in total. The summed E-state index contributed by atoms with van der Waals surface area (Å²) in [5.41, 5.74) is -0.00874. The van der Waals surface area contributed by atoms with Gasteiger partial charge in [-0.05, 0) is 12.3 Å². The van der Waals surface area contributed by atoms with Crippen LogP contribution in [0.15, 0.2) is 4.99 Å². The zero-order valence-corrected chi connectivity index (χ0v) is 20.5. The smallest absolute Gasteiger partial charge is 0.215 e. The highest BCUT2D eigenvalue weighted by Gasteiger charge is 2.25. The minimum absolute atomic E-state index is 0. The summed E-state index contributed by atoms with van der Waals surface area (Å²) in [4.78, 5) is 4.54. The van der Waals surface area contributed by atoms with Crippen LogP contribution in [0, 0.1) is 5.41 Å². The highest BCUT2D eigenvalue weighted by Crippen LogP contribution is 2.21. The first-order valence-electron chi connectivity index (χ1n) is 8.81. The van der Waals surface area contributed by atoms with Crippen LogP contribution in [0.4, 0.5) is 0 Å². The summed E-state index contributed by atoms with van der Waals surface area (Å²) >= 11 is 1.80. The van der Waals surface area contributed by atoms with Crippen molar-refractivity contribution in [1.29, 1.82) is 0 Å². The minimum atomic E-state index is -3.20. The molecule has 7 nitrogen and oxygen atoms in total. The van der Waals surface area contributed by atoms with Crippen molar-refractivity contribution in [2.45, 2.75) is 33.8 Å².